The van der Waals surface area contributed by atoms with Crippen molar-refractivity contribution in [2.75, 3.05) is 6.54 Å². The summed E-state index contributed by atoms with van der Waals surface area (Å²) in [7, 11) is 0. The fraction of sp³-hybridized carbons (Fsp3) is 0.778. The van der Waals surface area contributed by atoms with Crippen LogP contribution in [0, 0.1) is 0 Å². The van der Waals surface area contributed by atoms with Crippen LogP contribution in [-0.4, -0.2) is 18.4 Å². The molecule has 0 spiro atoms. The molecule has 1 amide bonds. The van der Waals surface area contributed by atoms with Crippen LogP contribution in [0.1, 0.15) is 39.0 Å². The number of hydrogen-bond acceptors (Lipinski definition) is 3. The van der Waals surface area contributed by atoms with Crippen LogP contribution in [0.15, 0.2) is 0 Å². The number of aliphatic carboxylic acids is 1. The molecule has 14 heavy (non-hydrogen) atoms. The van der Waals surface area contributed by atoms with E-state index in [1.54, 1.807) is 0 Å². The van der Waals surface area contributed by atoms with Gasteiger partial charge in [-0.1, -0.05) is 19.8 Å². The van der Waals surface area contributed by atoms with Crippen molar-refractivity contribution in [3.63, 3.8) is 0 Å². The molecule has 0 rings (SSSR count). The molecule has 5 heteroatoms. The minimum Gasteiger partial charge on any atom is -0.550 e. The summed E-state index contributed by atoms with van der Waals surface area (Å²) in [5, 5.41) is 12.5. The van der Waals surface area contributed by atoms with Gasteiger partial charge in [0.05, 0.1) is 0 Å². The third kappa shape index (κ3) is 11.9. The van der Waals surface area contributed by atoms with Gasteiger partial charge in [-0.2, -0.15) is 0 Å². The molecule has 0 saturated heterocycles. The number of carbonyl (C=O) groups is 2. The van der Waals surface area contributed by atoms with Gasteiger partial charge in [0.15, 0.2) is 0 Å². The van der Waals surface area contributed by atoms with E-state index in [0.29, 0.717) is 6.42 Å². The smallest absolute Gasteiger partial charge is 0.550 e. The van der Waals surface area contributed by atoms with E-state index in [1.165, 1.54) is 0 Å². The molecule has 0 bridgehead atoms. The maximum absolute atomic E-state index is 11.0. The van der Waals surface area contributed by atoms with E-state index in [0.717, 1.165) is 19.3 Å². The molecule has 0 radical (unpaired) electrons. The van der Waals surface area contributed by atoms with Gasteiger partial charge in [-0.3, -0.25) is 4.79 Å². The number of carboxylic acid groups (broad SMARTS) is 1. The molecule has 1 N–H and O–H groups in total. The maximum atomic E-state index is 11.0. The normalized spacial score (nSPS) is 8.93. The standard InChI is InChI=1S/C9H17NO3.Na/c1-2-3-4-5-8(11)10-7-6-9(12)13;/h2-7H2,1H3,(H,10,11)(H,12,13);/q;+1/p-1. The molecule has 0 aromatic rings. The van der Waals surface area contributed by atoms with E-state index in [-0.39, 0.29) is 48.4 Å². The Balaban J connectivity index is 0. The Kier molecular flexibility index (Phi) is 12.9. The van der Waals surface area contributed by atoms with Gasteiger partial charge in [-0.25, -0.2) is 0 Å². The first kappa shape index (κ1) is 16.4. The van der Waals surface area contributed by atoms with Gasteiger partial charge >= 0.3 is 29.6 Å². The second-order valence-corrected chi connectivity index (χ2v) is 2.93. The summed E-state index contributed by atoms with van der Waals surface area (Å²) in [5.74, 6) is -1.21. The van der Waals surface area contributed by atoms with Crippen LogP contribution in [0.2, 0.25) is 0 Å². The Morgan fingerprint density at radius 2 is 1.86 bits per heavy atom. The zero-order chi connectivity index (χ0) is 10.1. The van der Waals surface area contributed by atoms with E-state index in [1.807, 2.05) is 0 Å². The topological polar surface area (TPSA) is 69.2 Å². The Hall–Kier alpha value is -0.0600. The van der Waals surface area contributed by atoms with E-state index in [2.05, 4.69) is 12.2 Å². The molecule has 0 unspecified atom stereocenters. The number of nitrogens with one attached hydrogen (secondary N) is 1. The molecule has 0 aliphatic carbocycles. The van der Waals surface area contributed by atoms with Gasteiger partial charge in [0.2, 0.25) is 5.91 Å². The predicted molar refractivity (Wildman–Crippen MR) is 46.8 cm³/mol. The minimum absolute atomic E-state index is 0. The molecule has 0 heterocycles. The van der Waals surface area contributed by atoms with Crippen LogP contribution < -0.4 is 40.0 Å². The van der Waals surface area contributed by atoms with E-state index in [9.17, 15) is 14.7 Å². The van der Waals surface area contributed by atoms with Gasteiger partial charge < -0.3 is 15.2 Å². The summed E-state index contributed by atoms with van der Waals surface area (Å²) in [6, 6.07) is 0. The van der Waals surface area contributed by atoms with Crippen LogP contribution in [-0.2, 0) is 9.59 Å². The Bertz CT molecular complexity index is 173. The monoisotopic (exact) mass is 209 g/mol. The third-order valence-corrected chi connectivity index (χ3v) is 1.66. The van der Waals surface area contributed by atoms with Crippen molar-refractivity contribution in [2.45, 2.75) is 39.0 Å². The quantitative estimate of drug-likeness (QED) is 0.355. The van der Waals surface area contributed by atoms with Gasteiger partial charge in [0.25, 0.3) is 0 Å². The van der Waals surface area contributed by atoms with E-state index in [4.69, 9.17) is 0 Å². The number of carboxylic acids is 1. The van der Waals surface area contributed by atoms with Crippen LogP contribution in [0.4, 0.5) is 0 Å². The van der Waals surface area contributed by atoms with Gasteiger partial charge in [-0.05, 0) is 6.42 Å². The summed E-state index contributed by atoms with van der Waals surface area (Å²) in [6.45, 7) is 2.24. The summed E-state index contributed by atoms with van der Waals surface area (Å²) in [6.07, 6.45) is 3.36. The maximum Gasteiger partial charge on any atom is 1.00 e. The summed E-state index contributed by atoms with van der Waals surface area (Å²) < 4.78 is 0. The number of rotatable bonds is 7. The van der Waals surface area contributed by atoms with Crippen LogP contribution in [0.3, 0.4) is 0 Å². The number of hydrogen-bond donors (Lipinski definition) is 1. The van der Waals surface area contributed by atoms with Crippen molar-refractivity contribution < 1.29 is 44.3 Å². The molecular weight excluding hydrogens is 193 g/mol. The van der Waals surface area contributed by atoms with Crippen molar-refractivity contribution >= 4 is 11.9 Å². The van der Waals surface area contributed by atoms with E-state index >= 15 is 0 Å². The molecule has 0 aromatic heterocycles. The van der Waals surface area contributed by atoms with Crippen molar-refractivity contribution in [1.82, 2.24) is 5.32 Å². The summed E-state index contributed by atoms with van der Waals surface area (Å²) in [4.78, 5) is 21.0. The molecule has 76 valence electrons. The minimum atomic E-state index is -1.13. The van der Waals surface area contributed by atoms with Crippen molar-refractivity contribution in [3.8, 4) is 0 Å². The summed E-state index contributed by atoms with van der Waals surface area (Å²) in [5.41, 5.74) is 0. The summed E-state index contributed by atoms with van der Waals surface area (Å²) >= 11 is 0. The fourth-order valence-electron chi connectivity index (χ4n) is 0.928. The first-order valence-electron chi connectivity index (χ1n) is 4.63. The third-order valence-electron chi connectivity index (χ3n) is 1.66. The van der Waals surface area contributed by atoms with Crippen LogP contribution in [0.5, 0.6) is 0 Å². The van der Waals surface area contributed by atoms with Crippen LogP contribution in [0.25, 0.3) is 0 Å². The Morgan fingerprint density at radius 3 is 2.36 bits per heavy atom. The molecule has 0 atom stereocenters. The Morgan fingerprint density at radius 1 is 1.21 bits per heavy atom. The number of amides is 1. The molecule has 4 nitrogen and oxygen atoms in total. The Labute approximate surface area is 107 Å². The zero-order valence-electron chi connectivity index (χ0n) is 8.97. The average molecular weight is 209 g/mol. The largest absolute Gasteiger partial charge is 1.00 e. The number of unbranched alkanes of at least 4 members (excludes halogenated alkanes) is 2. The molecule has 0 aliphatic heterocycles. The van der Waals surface area contributed by atoms with Crippen molar-refractivity contribution in [1.29, 1.82) is 0 Å². The van der Waals surface area contributed by atoms with E-state index < -0.39 is 5.97 Å². The first-order valence-corrected chi connectivity index (χ1v) is 4.63. The van der Waals surface area contributed by atoms with Crippen LogP contribution >= 0.6 is 0 Å². The van der Waals surface area contributed by atoms with Crippen molar-refractivity contribution in [3.05, 3.63) is 0 Å². The zero-order valence-corrected chi connectivity index (χ0v) is 11.0. The van der Waals surface area contributed by atoms with Crippen molar-refractivity contribution in [2.24, 2.45) is 0 Å². The number of carbonyl (C=O) groups excluding carboxylic acids is 2. The molecule has 0 saturated carbocycles. The molecular formula is C9H16NNaO3. The molecule has 0 aliphatic rings. The SMILES string of the molecule is CCCCCC(=O)NCCC(=O)[O-].[Na+]. The average Bonchev–Trinajstić information content (AvgIpc) is 2.04. The van der Waals surface area contributed by atoms with Gasteiger partial charge in [-0.15, -0.1) is 0 Å². The molecule has 0 aromatic carbocycles. The second kappa shape index (κ2) is 11.0. The first-order chi connectivity index (χ1) is 6.16. The van der Waals surface area contributed by atoms with Gasteiger partial charge in [0, 0.05) is 25.4 Å². The van der Waals surface area contributed by atoms with Gasteiger partial charge in [0.1, 0.15) is 0 Å². The molecule has 0 fully saturated rings. The predicted octanol–water partition coefficient (Wildman–Crippen LogP) is -3.17. The fourth-order valence-corrected chi connectivity index (χ4v) is 0.928. The second-order valence-electron chi connectivity index (χ2n) is 2.93.